The third-order valence-corrected chi connectivity index (χ3v) is 3.28. The van der Waals surface area contributed by atoms with E-state index in [1.807, 2.05) is 23.1 Å². The van der Waals surface area contributed by atoms with Crippen LogP contribution in [-0.4, -0.2) is 45.9 Å². The van der Waals surface area contributed by atoms with Crippen LogP contribution in [0.4, 0.5) is 5.69 Å². The number of anilines is 1. The van der Waals surface area contributed by atoms with Gasteiger partial charge in [-0.3, -0.25) is 4.79 Å². The van der Waals surface area contributed by atoms with Crippen molar-refractivity contribution in [2.75, 3.05) is 44.9 Å². The van der Waals surface area contributed by atoms with Crippen molar-refractivity contribution in [2.24, 2.45) is 0 Å². The van der Waals surface area contributed by atoms with E-state index < -0.39 is 0 Å². The van der Waals surface area contributed by atoms with Crippen LogP contribution in [-0.2, 0) is 20.8 Å². The van der Waals surface area contributed by atoms with Gasteiger partial charge in [-0.15, -0.1) is 0 Å². The first-order valence-corrected chi connectivity index (χ1v) is 6.98. The summed E-state index contributed by atoms with van der Waals surface area (Å²) in [5.74, 6) is 0.117. The molecule has 1 aliphatic rings. The van der Waals surface area contributed by atoms with Gasteiger partial charge in [0.1, 0.15) is 0 Å². The maximum absolute atomic E-state index is 12.1. The zero-order chi connectivity index (χ0) is 14.2. The molecule has 2 rings (SSSR count). The van der Waals surface area contributed by atoms with Crippen molar-refractivity contribution >= 4 is 11.6 Å². The summed E-state index contributed by atoms with van der Waals surface area (Å²) in [5.41, 5.74) is 2.18. The standard InChI is InChI=1S/C15H22N2O3/c1-19-9-10-20-8-4-7-17-14-6-3-2-5-13(14)11-16-12-15(17)18/h2-3,5-6,16H,4,7-12H2,1H3. The zero-order valence-electron chi connectivity index (χ0n) is 11.9. The van der Waals surface area contributed by atoms with E-state index in [4.69, 9.17) is 9.47 Å². The Morgan fingerprint density at radius 2 is 2.05 bits per heavy atom. The molecular formula is C15H22N2O3. The SMILES string of the molecule is COCCOCCCN1C(=O)CNCc2ccccc21. The molecule has 5 nitrogen and oxygen atoms in total. The first-order valence-electron chi connectivity index (χ1n) is 6.98. The quantitative estimate of drug-likeness (QED) is 0.761. The summed E-state index contributed by atoms with van der Waals surface area (Å²) in [5, 5.41) is 3.16. The lowest BCUT2D eigenvalue weighted by molar-refractivity contribution is -0.117. The number of hydrogen-bond acceptors (Lipinski definition) is 4. The Labute approximate surface area is 119 Å². The Balaban J connectivity index is 1.90. The molecule has 0 spiro atoms. The molecule has 20 heavy (non-hydrogen) atoms. The minimum atomic E-state index is 0.117. The first kappa shape index (κ1) is 15.0. The van der Waals surface area contributed by atoms with Gasteiger partial charge < -0.3 is 19.7 Å². The highest BCUT2D eigenvalue weighted by Crippen LogP contribution is 2.22. The number of carbonyl (C=O) groups is 1. The van der Waals surface area contributed by atoms with Gasteiger partial charge in [0, 0.05) is 32.5 Å². The number of nitrogens with zero attached hydrogens (tertiary/aromatic N) is 1. The third-order valence-electron chi connectivity index (χ3n) is 3.28. The van der Waals surface area contributed by atoms with Gasteiger partial charge >= 0.3 is 0 Å². The van der Waals surface area contributed by atoms with Gasteiger partial charge in [-0.25, -0.2) is 0 Å². The minimum Gasteiger partial charge on any atom is -0.382 e. The van der Waals surface area contributed by atoms with E-state index in [9.17, 15) is 4.79 Å². The minimum absolute atomic E-state index is 0.117. The lowest BCUT2D eigenvalue weighted by Crippen LogP contribution is -2.36. The van der Waals surface area contributed by atoms with Crippen molar-refractivity contribution in [3.63, 3.8) is 0 Å². The number of nitrogens with one attached hydrogen (secondary N) is 1. The highest BCUT2D eigenvalue weighted by atomic mass is 16.5. The predicted octanol–water partition coefficient (Wildman–Crippen LogP) is 1.18. The molecule has 0 radical (unpaired) electrons. The fourth-order valence-corrected chi connectivity index (χ4v) is 2.27. The number of para-hydroxylation sites is 1. The number of methoxy groups -OCH3 is 1. The van der Waals surface area contributed by atoms with Crippen LogP contribution in [0.1, 0.15) is 12.0 Å². The summed E-state index contributed by atoms with van der Waals surface area (Å²) in [6.07, 6.45) is 0.823. The number of amides is 1. The van der Waals surface area contributed by atoms with Gasteiger partial charge in [0.25, 0.3) is 0 Å². The van der Waals surface area contributed by atoms with Gasteiger partial charge in [-0.2, -0.15) is 0 Å². The first-order chi connectivity index (χ1) is 9.83. The maximum Gasteiger partial charge on any atom is 0.240 e. The van der Waals surface area contributed by atoms with E-state index in [1.54, 1.807) is 7.11 Å². The number of carbonyl (C=O) groups excluding carboxylic acids is 1. The molecule has 1 N–H and O–H groups in total. The number of ether oxygens (including phenoxy) is 2. The molecule has 1 amide bonds. The molecule has 110 valence electrons. The summed E-state index contributed by atoms with van der Waals surface area (Å²) in [6, 6.07) is 8.04. The summed E-state index contributed by atoms with van der Waals surface area (Å²) in [6.45, 7) is 3.66. The Morgan fingerprint density at radius 1 is 1.20 bits per heavy atom. The average Bonchev–Trinajstić information content (AvgIpc) is 2.62. The van der Waals surface area contributed by atoms with Crippen LogP contribution in [0, 0.1) is 0 Å². The lowest BCUT2D eigenvalue weighted by Gasteiger charge is -2.22. The number of benzene rings is 1. The normalized spacial score (nSPS) is 15.1. The smallest absolute Gasteiger partial charge is 0.240 e. The Bertz CT molecular complexity index is 437. The van der Waals surface area contributed by atoms with Gasteiger partial charge in [-0.1, -0.05) is 18.2 Å². The van der Waals surface area contributed by atoms with E-state index in [0.717, 1.165) is 18.7 Å². The van der Waals surface area contributed by atoms with Crippen LogP contribution in [0.25, 0.3) is 0 Å². The topological polar surface area (TPSA) is 50.8 Å². The van der Waals surface area contributed by atoms with E-state index in [0.29, 0.717) is 32.9 Å². The fraction of sp³-hybridized carbons (Fsp3) is 0.533. The van der Waals surface area contributed by atoms with E-state index >= 15 is 0 Å². The molecule has 0 bridgehead atoms. The molecule has 0 fully saturated rings. The van der Waals surface area contributed by atoms with Crippen molar-refractivity contribution < 1.29 is 14.3 Å². The van der Waals surface area contributed by atoms with Crippen LogP contribution in [0.3, 0.4) is 0 Å². The van der Waals surface area contributed by atoms with Gasteiger partial charge in [0.2, 0.25) is 5.91 Å². The van der Waals surface area contributed by atoms with Crippen molar-refractivity contribution in [3.05, 3.63) is 29.8 Å². The highest BCUT2D eigenvalue weighted by Gasteiger charge is 2.20. The van der Waals surface area contributed by atoms with Crippen LogP contribution in [0.15, 0.2) is 24.3 Å². The van der Waals surface area contributed by atoms with Gasteiger partial charge in [0.15, 0.2) is 0 Å². The third kappa shape index (κ3) is 4.03. The molecule has 1 heterocycles. The van der Waals surface area contributed by atoms with Crippen LogP contribution >= 0.6 is 0 Å². The largest absolute Gasteiger partial charge is 0.382 e. The number of hydrogen-bond donors (Lipinski definition) is 1. The number of rotatable bonds is 7. The monoisotopic (exact) mass is 278 g/mol. The molecule has 0 aromatic heterocycles. The van der Waals surface area contributed by atoms with Crippen molar-refractivity contribution in [1.29, 1.82) is 0 Å². The second kappa shape index (κ2) is 7.99. The molecule has 0 aliphatic carbocycles. The molecule has 0 unspecified atom stereocenters. The average molecular weight is 278 g/mol. The van der Waals surface area contributed by atoms with Crippen LogP contribution < -0.4 is 10.2 Å². The van der Waals surface area contributed by atoms with Crippen molar-refractivity contribution in [2.45, 2.75) is 13.0 Å². The molecular weight excluding hydrogens is 256 g/mol. The highest BCUT2D eigenvalue weighted by molar-refractivity contribution is 5.96. The molecule has 0 saturated carbocycles. The molecule has 5 heteroatoms. The lowest BCUT2D eigenvalue weighted by atomic mass is 10.1. The van der Waals surface area contributed by atoms with Crippen LogP contribution in [0.5, 0.6) is 0 Å². The number of fused-ring (bicyclic) bond motifs is 1. The summed E-state index contributed by atoms with van der Waals surface area (Å²) in [4.78, 5) is 14.0. The van der Waals surface area contributed by atoms with Crippen LogP contribution in [0.2, 0.25) is 0 Å². The van der Waals surface area contributed by atoms with E-state index in [1.165, 1.54) is 5.56 Å². The maximum atomic E-state index is 12.1. The van der Waals surface area contributed by atoms with Gasteiger partial charge in [0.05, 0.1) is 19.8 Å². The van der Waals surface area contributed by atoms with Gasteiger partial charge in [-0.05, 0) is 18.1 Å². The fourth-order valence-electron chi connectivity index (χ4n) is 2.27. The molecule has 0 saturated heterocycles. The summed E-state index contributed by atoms with van der Waals surface area (Å²) in [7, 11) is 1.66. The molecule has 1 aromatic carbocycles. The zero-order valence-corrected chi connectivity index (χ0v) is 11.9. The molecule has 0 atom stereocenters. The second-order valence-corrected chi connectivity index (χ2v) is 4.74. The van der Waals surface area contributed by atoms with E-state index in [-0.39, 0.29) is 5.91 Å². The Morgan fingerprint density at radius 3 is 2.90 bits per heavy atom. The Hall–Kier alpha value is -1.43. The molecule has 1 aliphatic heterocycles. The summed E-state index contributed by atoms with van der Waals surface area (Å²) >= 11 is 0. The predicted molar refractivity (Wildman–Crippen MR) is 77.8 cm³/mol. The molecule has 1 aromatic rings. The van der Waals surface area contributed by atoms with Crippen molar-refractivity contribution in [1.82, 2.24) is 5.32 Å². The summed E-state index contributed by atoms with van der Waals surface area (Å²) < 4.78 is 10.4. The Kier molecular flexibility index (Phi) is 5.98. The second-order valence-electron chi connectivity index (χ2n) is 4.74. The van der Waals surface area contributed by atoms with Crippen molar-refractivity contribution in [3.8, 4) is 0 Å². The van der Waals surface area contributed by atoms with E-state index in [2.05, 4.69) is 11.4 Å².